The lowest BCUT2D eigenvalue weighted by atomic mass is 10.0. The molecule has 0 spiro atoms. The zero-order chi connectivity index (χ0) is 16.2. The molecule has 3 heterocycles. The minimum atomic E-state index is 0.503. The van der Waals surface area contributed by atoms with Crippen LogP contribution in [-0.4, -0.2) is 47.3 Å². The summed E-state index contributed by atoms with van der Waals surface area (Å²) in [5.74, 6) is 2.07. The molecule has 0 amide bonds. The van der Waals surface area contributed by atoms with Crippen LogP contribution in [0.15, 0.2) is 34.9 Å². The molecule has 2 aromatic rings. The van der Waals surface area contributed by atoms with Crippen LogP contribution in [-0.2, 0) is 7.05 Å². The Bertz CT molecular complexity index is 646. The SMILES string of the molecule is CN=C(NCC(C)c1cccs1)N1CCC(c2cnn(C)c2)C1. The van der Waals surface area contributed by atoms with Crippen molar-refractivity contribution in [2.75, 3.05) is 26.7 Å². The zero-order valence-electron chi connectivity index (χ0n) is 14.1. The van der Waals surface area contributed by atoms with Gasteiger partial charge in [-0.25, -0.2) is 0 Å². The second-order valence-electron chi connectivity index (χ2n) is 6.22. The maximum absolute atomic E-state index is 4.47. The van der Waals surface area contributed by atoms with Crippen molar-refractivity contribution in [2.45, 2.75) is 25.2 Å². The third-order valence-corrected chi connectivity index (χ3v) is 5.59. The predicted octanol–water partition coefficient (Wildman–Crippen LogP) is 2.65. The average molecular weight is 331 g/mol. The smallest absolute Gasteiger partial charge is 0.193 e. The highest BCUT2D eigenvalue weighted by Gasteiger charge is 2.27. The van der Waals surface area contributed by atoms with E-state index in [0.717, 1.165) is 32.0 Å². The van der Waals surface area contributed by atoms with Crippen molar-refractivity contribution < 1.29 is 0 Å². The molecule has 0 radical (unpaired) electrons. The van der Waals surface area contributed by atoms with Crippen LogP contribution in [0.2, 0.25) is 0 Å². The third kappa shape index (κ3) is 3.75. The minimum absolute atomic E-state index is 0.503. The van der Waals surface area contributed by atoms with E-state index in [1.165, 1.54) is 10.4 Å². The summed E-state index contributed by atoms with van der Waals surface area (Å²) in [6.07, 6.45) is 5.28. The standard InChI is InChI=1S/C17H25N5S/c1-13(16-5-4-8-23-16)9-19-17(18-2)22-7-6-14(12-22)15-10-20-21(3)11-15/h4-5,8,10-11,13-14H,6-7,9,12H2,1-3H3,(H,18,19). The molecule has 0 aromatic carbocycles. The van der Waals surface area contributed by atoms with Crippen molar-refractivity contribution in [2.24, 2.45) is 12.0 Å². The van der Waals surface area contributed by atoms with Crippen LogP contribution in [0.25, 0.3) is 0 Å². The van der Waals surface area contributed by atoms with Gasteiger partial charge in [0.15, 0.2) is 5.96 Å². The summed E-state index contributed by atoms with van der Waals surface area (Å²) in [6, 6.07) is 4.32. The van der Waals surface area contributed by atoms with Crippen molar-refractivity contribution in [3.63, 3.8) is 0 Å². The molecule has 1 N–H and O–H groups in total. The van der Waals surface area contributed by atoms with Crippen LogP contribution < -0.4 is 5.32 Å². The van der Waals surface area contributed by atoms with E-state index >= 15 is 0 Å². The van der Waals surface area contributed by atoms with E-state index in [-0.39, 0.29) is 0 Å². The zero-order valence-corrected chi connectivity index (χ0v) is 14.9. The van der Waals surface area contributed by atoms with Crippen LogP contribution in [0.4, 0.5) is 0 Å². The van der Waals surface area contributed by atoms with E-state index in [2.05, 4.69) is 50.9 Å². The van der Waals surface area contributed by atoms with Crippen LogP contribution >= 0.6 is 11.3 Å². The number of thiophene rings is 1. The molecular formula is C17H25N5S. The summed E-state index contributed by atoms with van der Waals surface area (Å²) in [7, 11) is 3.85. The molecule has 5 nitrogen and oxygen atoms in total. The lowest BCUT2D eigenvalue weighted by Crippen LogP contribution is -2.41. The van der Waals surface area contributed by atoms with E-state index in [4.69, 9.17) is 0 Å². The minimum Gasteiger partial charge on any atom is -0.356 e. The number of nitrogens with zero attached hydrogens (tertiary/aromatic N) is 4. The first-order valence-electron chi connectivity index (χ1n) is 8.15. The maximum Gasteiger partial charge on any atom is 0.193 e. The Hall–Kier alpha value is -1.82. The Kier molecular flexibility index (Phi) is 5.00. The summed E-state index contributed by atoms with van der Waals surface area (Å²) < 4.78 is 1.88. The summed E-state index contributed by atoms with van der Waals surface area (Å²) in [6.45, 7) is 5.24. The van der Waals surface area contributed by atoms with Crippen molar-refractivity contribution >= 4 is 17.3 Å². The van der Waals surface area contributed by atoms with Gasteiger partial charge in [-0.2, -0.15) is 5.10 Å². The molecule has 1 aliphatic heterocycles. The Labute approximate surface area is 142 Å². The largest absolute Gasteiger partial charge is 0.356 e. The summed E-state index contributed by atoms with van der Waals surface area (Å²) in [5.41, 5.74) is 1.33. The predicted molar refractivity (Wildman–Crippen MR) is 96.2 cm³/mol. The lowest BCUT2D eigenvalue weighted by Gasteiger charge is -2.23. The highest BCUT2D eigenvalue weighted by molar-refractivity contribution is 7.10. The van der Waals surface area contributed by atoms with Gasteiger partial charge in [0.25, 0.3) is 0 Å². The van der Waals surface area contributed by atoms with Crippen molar-refractivity contribution in [1.82, 2.24) is 20.0 Å². The molecule has 0 aliphatic carbocycles. The van der Waals surface area contributed by atoms with Crippen LogP contribution in [0.3, 0.4) is 0 Å². The molecule has 1 saturated heterocycles. The molecule has 2 unspecified atom stereocenters. The molecule has 0 bridgehead atoms. The number of aromatic nitrogens is 2. The van der Waals surface area contributed by atoms with Crippen molar-refractivity contribution in [3.05, 3.63) is 40.3 Å². The van der Waals surface area contributed by atoms with E-state index in [9.17, 15) is 0 Å². The maximum atomic E-state index is 4.47. The van der Waals surface area contributed by atoms with E-state index in [0.29, 0.717) is 11.8 Å². The molecule has 124 valence electrons. The van der Waals surface area contributed by atoms with Gasteiger partial charge in [0.05, 0.1) is 6.20 Å². The summed E-state index contributed by atoms with van der Waals surface area (Å²) in [5, 5.41) is 9.97. The van der Waals surface area contributed by atoms with Crippen molar-refractivity contribution in [1.29, 1.82) is 0 Å². The van der Waals surface area contributed by atoms with Gasteiger partial charge in [0.1, 0.15) is 0 Å². The van der Waals surface area contributed by atoms with Crippen LogP contribution in [0, 0.1) is 0 Å². The Morgan fingerprint density at radius 3 is 3.09 bits per heavy atom. The summed E-state index contributed by atoms with van der Waals surface area (Å²) >= 11 is 1.82. The monoisotopic (exact) mass is 331 g/mol. The number of hydrogen-bond donors (Lipinski definition) is 1. The van der Waals surface area contributed by atoms with Crippen LogP contribution in [0.1, 0.15) is 35.6 Å². The quantitative estimate of drug-likeness (QED) is 0.692. The molecule has 6 heteroatoms. The number of hydrogen-bond acceptors (Lipinski definition) is 3. The number of nitrogens with one attached hydrogen (secondary N) is 1. The van der Waals surface area contributed by atoms with Crippen molar-refractivity contribution in [3.8, 4) is 0 Å². The lowest BCUT2D eigenvalue weighted by molar-refractivity contribution is 0.483. The molecule has 1 fully saturated rings. The van der Waals surface area contributed by atoms with E-state index < -0.39 is 0 Å². The number of aliphatic imine (C=N–C) groups is 1. The fourth-order valence-electron chi connectivity index (χ4n) is 3.12. The van der Waals surface area contributed by atoms with Gasteiger partial charge in [-0.15, -0.1) is 11.3 Å². The fourth-order valence-corrected chi connectivity index (χ4v) is 3.91. The van der Waals surface area contributed by atoms with Gasteiger partial charge in [-0.1, -0.05) is 13.0 Å². The average Bonchev–Trinajstić information content (AvgIpc) is 3.28. The first kappa shape index (κ1) is 16.1. The second kappa shape index (κ2) is 7.17. The number of rotatable bonds is 4. The first-order chi connectivity index (χ1) is 11.2. The van der Waals surface area contributed by atoms with E-state index in [1.54, 1.807) is 0 Å². The molecule has 1 aliphatic rings. The van der Waals surface area contributed by atoms with Gasteiger partial charge in [-0.05, 0) is 23.4 Å². The van der Waals surface area contributed by atoms with Gasteiger partial charge < -0.3 is 10.2 Å². The normalized spacial score (nSPS) is 20.0. The second-order valence-corrected chi connectivity index (χ2v) is 7.20. The third-order valence-electron chi connectivity index (χ3n) is 4.49. The molecule has 23 heavy (non-hydrogen) atoms. The van der Waals surface area contributed by atoms with Gasteiger partial charge >= 0.3 is 0 Å². The molecular weight excluding hydrogens is 306 g/mol. The van der Waals surface area contributed by atoms with Gasteiger partial charge in [-0.3, -0.25) is 9.67 Å². The molecule has 2 atom stereocenters. The highest BCUT2D eigenvalue weighted by atomic mass is 32.1. The number of likely N-dealkylation sites (tertiary alicyclic amines) is 1. The molecule has 3 rings (SSSR count). The first-order valence-corrected chi connectivity index (χ1v) is 9.03. The van der Waals surface area contributed by atoms with E-state index in [1.807, 2.05) is 36.3 Å². The Balaban J connectivity index is 1.55. The Morgan fingerprint density at radius 1 is 1.57 bits per heavy atom. The highest BCUT2D eigenvalue weighted by Crippen LogP contribution is 2.27. The number of aryl methyl sites for hydroxylation is 1. The topological polar surface area (TPSA) is 45.5 Å². The van der Waals surface area contributed by atoms with Gasteiger partial charge in [0.2, 0.25) is 0 Å². The number of guanidine groups is 1. The molecule has 0 saturated carbocycles. The Morgan fingerprint density at radius 2 is 2.43 bits per heavy atom. The van der Waals surface area contributed by atoms with Gasteiger partial charge in [0, 0.05) is 56.6 Å². The van der Waals surface area contributed by atoms with Crippen LogP contribution in [0.5, 0.6) is 0 Å². The summed E-state index contributed by atoms with van der Waals surface area (Å²) in [4.78, 5) is 8.25. The fraction of sp³-hybridized carbons (Fsp3) is 0.529. The molecule has 2 aromatic heterocycles.